The minimum absolute atomic E-state index is 0.0686. The van der Waals surface area contributed by atoms with Crippen molar-refractivity contribution in [3.63, 3.8) is 0 Å². The summed E-state index contributed by atoms with van der Waals surface area (Å²) in [4.78, 5) is 29.1. The molecule has 1 amide bonds. The molecule has 1 fully saturated rings. The molecule has 3 heterocycles. The van der Waals surface area contributed by atoms with Crippen molar-refractivity contribution in [2.45, 2.75) is 51.7 Å². The Morgan fingerprint density at radius 2 is 1.94 bits per heavy atom. The summed E-state index contributed by atoms with van der Waals surface area (Å²) >= 11 is 6.19. The monoisotopic (exact) mass is 511 g/mol. The summed E-state index contributed by atoms with van der Waals surface area (Å²) in [6, 6.07) is 9.82. The van der Waals surface area contributed by atoms with Gasteiger partial charge in [-0.05, 0) is 62.1 Å². The van der Waals surface area contributed by atoms with Crippen LogP contribution in [-0.2, 0) is 4.74 Å². The molecule has 1 aromatic heterocycles. The van der Waals surface area contributed by atoms with E-state index in [0.29, 0.717) is 59.4 Å². The van der Waals surface area contributed by atoms with Crippen molar-refractivity contribution in [3.05, 3.63) is 68.5 Å². The molecule has 3 aromatic rings. The largest absolute Gasteiger partial charge is 0.490 e. The van der Waals surface area contributed by atoms with Crippen molar-refractivity contribution in [1.29, 1.82) is 0 Å². The van der Waals surface area contributed by atoms with Crippen LogP contribution < -0.4 is 14.9 Å². The molecule has 7 nitrogen and oxygen atoms in total. The van der Waals surface area contributed by atoms with Crippen LogP contribution >= 0.6 is 11.6 Å². The van der Waals surface area contributed by atoms with Crippen LogP contribution in [0, 0.1) is 0 Å². The number of benzene rings is 2. The number of unbranched alkanes of at least 4 members (excludes halogenated alkanes) is 1. The second-order valence-corrected chi connectivity index (χ2v) is 9.59. The van der Waals surface area contributed by atoms with Crippen molar-refractivity contribution in [2.75, 3.05) is 26.4 Å². The lowest BCUT2D eigenvalue weighted by molar-refractivity contribution is 0.0486. The molecular formula is C28H30ClNO6. The molecule has 0 spiro atoms. The summed E-state index contributed by atoms with van der Waals surface area (Å²) in [7, 11) is 0. The molecule has 0 aliphatic carbocycles. The van der Waals surface area contributed by atoms with Gasteiger partial charge in [0.2, 0.25) is 5.76 Å². The highest BCUT2D eigenvalue weighted by atomic mass is 35.5. The smallest absolute Gasteiger partial charge is 0.291 e. The zero-order valence-electron chi connectivity index (χ0n) is 20.6. The molecule has 2 atom stereocenters. The second-order valence-electron chi connectivity index (χ2n) is 9.15. The van der Waals surface area contributed by atoms with Gasteiger partial charge in [-0.2, -0.15) is 0 Å². The molecule has 190 valence electrons. The van der Waals surface area contributed by atoms with Gasteiger partial charge in [0.1, 0.15) is 5.58 Å². The first-order valence-corrected chi connectivity index (χ1v) is 13.0. The minimum Gasteiger partial charge on any atom is -0.490 e. The maximum absolute atomic E-state index is 13.8. The zero-order valence-corrected chi connectivity index (χ0v) is 21.3. The van der Waals surface area contributed by atoms with Crippen molar-refractivity contribution >= 4 is 28.5 Å². The molecule has 0 saturated carbocycles. The molecule has 2 aliphatic rings. The van der Waals surface area contributed by atoms with Crippen molar-refractivity contribution in [3.8, 4) is 11.5 Å². The van der Waals surface area contributed by atoms with Crippen LogP contribution in [-0.4, -0.2) is 43.3 Å². The number of fused-ring (bicyclic) bond motifs is 2. The maximum Gasteiger partial charge on any atom is 0.291 e. The molecule has 2 unspecified atom stereocenters. The van der Waals surface area contributed by atoms with Crippen molar-refractivity contribution in [2.24, 2.45) is 0 Å². The van der Waals surface area contributed by atoms with E-state index < -0.39 is 6.04 Å². The van der Waals surface area contributed by atoms with Gasteiger partial charge in [-0.1, -0.05) is 31.0 Å². The van der Waals surface area contributed by atoms with Gasteiger partial charge in [0, 0.05) is 18.2 Å². The highest BCUT2D eigenvalue weighted by Gasteiger charge is 2.44. The third-order valence-electron chi connectivity index (χ3n) is 6.69. The lowest BCUT2D eigenvalue weighted by atomic mass is 9.97. The van der Waals surface area contributed by atoms with E-state index in [4.69, 9.17) is 30.2 Å². The summed E-state index contributed by atoms with van der Waals surface area (Å²) in [6.45, 7) is 6.09. The number of rotatable bonds is 9. The fourth-order valence-electron chi connectivity index (χ4n) is 4.94. The van der Waals surface area contributed by atoms with E-state index in [1.807, 2.05) is 25.1 Å². The molecule has 0 radical (unpaired) electrons. The molecule has 2 aliphatic heterocycles. The van der Waals surface area contributed by atoms with Crippen molar-refractivity contribution < 1.29 is 23.4 Å². The number of hydrogen-bond acceptors (Lipinski definition) is 6. The van der Waals surface area contributed by atoms with E-state index in [2.05, 4.69) is 6.92 Å². The Hall–Kier alpha value is -3.03. The average Bonchev–Trinajstić information content (AvgIpc) is 3.48. The Morgan fingerprint density at radius 1 is 1.08 bits per heavy atom. The minimum atomic E-state index is -0.639. The Kier molecular flexibility index (Phi) is 7.21. The molecule has 5 rings (SSSR count). The number of ether oxygens (including phenoxy) is 3. The maximum atomic E-state index is 13.8. The highest BCUT2D eigenvalue weighted by molar-refractivity contribution is 6.31. The van der Waals surface area contributed by atoms with E-state index in [0.717, 1.165) is 31.2 Å². The Balaban J connectivity index is 1.63. The third kappa shape index (κ3) is 4.58. The summed E-state index contributed by atoms with van der Waals surface area (Å²) in [5, 5.41) is 0.779. The first-order chi connectivity index (χ1) is 17.5. The zero-order chi connectivity index (χ0) is 25.2. The Morgan fingerprint density at radius 3 is 2.69 bits per heavy atom. The number of carbonyl (C=O) groups is 1. The predicted molar refractivity (Wildman–Crippen MR) is 137 cm³/mol. The van der Waals surface area contributed by atoms with Crippen LogP contribution in [0.3, 0.4) is 0 Å². The molecule has 8 heteroatoms. The number of halogens is 1. The lowest BCUT2D eigenvalue weighted by Crippen LogP contribution is -2.36. The standard InChI is InChI=1S/C28H30ClNO6/c1-3-5-12-35-22-10-8-17(14-23(22)33-4-2)25-24-26(31)20-15-18(29)9-11-21(20)36-27(24)28(32)30(25)16-19-7-6-13-34-19/h8-11,14-15,19,25H,3-7,12-13,16H2,1-2H3. The molecule has 1 saturated heterocycles. The van der Waals surface area contributed by atoms with Gasteiger partial charge in [-0.3, -0.25) is 9.59 Å². The Labute approximate surface area is 214 Å². The van der Waals surface area contributed by atoms with Gasteiger partial charge in [-0.25, -0.2) is 0 Å². The Bertz CT molecular complexity index is 1330. The normalized spacial score (nSPS) is 19.2. The van der Waals surface area contributed by atoms with E-state index in [-0.39, 0.29) is 23.2 Å². The fraction of sp³-hybridized carbons (Fsp3) is 0.429. The van der Waals surface area contributed by atoms with E-state index >= 15 is 0 Å². The first-order valence-electron chi connectivity index (χ1n) is 12.6. The second kappa shape index (κ2) is 10.5. The van der Waals surface area contributed by atoms with Crippen LogP contribution in [0.1, 0.15) is 67.3 Å². The van der Waals surface area contributed by atoms with Gasteiger partial charge in [0.05, 0.1) is 36.3 Å². The van der Waals surface area contributed by atoms with E-state index in [1.165, 1.54) is 0 Å². The molecule has 0 N–H and O–H groups in total. The highest BCUT2D eigenvalue weighted by Crippen LogP contribution is 2.41. The average molecular weight is 512 g/mol. The number of nitrogens with zero attached hydrogens (tertiary/aromatic N) is 1. The summed E-state index contributed by atoms with van der Waals surface area (Å²) in [5.74, 6) is 0.971. The summed E-state index contributed by atoms with van der Waals surface area (Å²) in [5.41, 5.74) is 1.14. The van der Waals surface area contributed by atoms with Crippen LogP contribution in [0.15, 0.2) is 45.6 Å². The summed E-state index contributed by atoms with van der Waals surface area (Å²) < 4.78 is 23.7. The molecule has 2 aromatic carbocycles. The molecular weight excluding hydrogens is 482 g/mol. The number of carbonyl (C=O) groups excluding carboxylic acids is 1. The van der Waals surface area contributed by atoms with Gasteiger partial charge < -0.3 is 23.5 Å². The number of amides is 1. The van der Waals surface area contributed by atoms with E-state index in [9.17, 15) is 9.59 Å². The first kappa shape index (κ1) is 24.7. The van der Waals surface area contributed by atoms with Gasteiger partial charge in [0.15, 0.2) is 16.9 Å². The van der Waals surface area contributed by atoms with Crippen LogP contribution in [0.25, 0.3) is 11.0 Å². The van der Waals surface area contributed by atoms with Crippen LogP contribution in [0.5, 0.6) is 11.5 Å². The fourth-order valence-corrected chi connectivity index (χ4v) is 5.12. The van der Waals surface area contributed by atoms with Gasteiger partial charge >= 0.3 is 0 Å². The van der Waals surface area contributed by atoms with Gasteiger partial charge in [0.25, 0.3) is 5.91 Å². The van der Waals surface area contributed by atoms with Crippen molar-refractivity contribution in [1.82, 2.24) is 4.90 Å². The lowest BCUT2D eigenvalue weighted by Gasteiger charge is -2.28. The molecule has 36 heavy (non-hydrogen) atoms. The SMILES string of the molecule is CCCCOc1ccc(C2c3c(oc4ccc(Cl)cc4c3=O)C(=O)N2CC2CCCO2)cc1OCC. The topological polar surface area (TPSA) is 78.2 Å². The quantitative estimate of drug-likeness (QED) is 0.340. The number of hydrogen-bond donors (Lipinski definition) is 0. The third-order valence-corrected chi connectivity index (χ3v) is 6.93. The summed E-state index contributed by atoms with van der Waals surface area (Å²) in [6.07, 6.45) is 3.67. The molecule has 0 bridgehead atoms. The van der Waals surface area contributed by atoms with Crippen LogP contribution in [0.2, 0.25) is 5.02 Å². The van der Waals surface area contributed by atoms with Gasteiger partial charge in [-0.15, -0.1) is 0 Å². The van der Waals surface area contributed by atoms with E-state index in [1.54, 1.807) is 23.1 Å². The van der Waals surface area contributed by atoms with Crippen LogP contribution in [0.4, 0.5) is 0 Å². The predicted octanol–water partition coefficient (Wildman–Crippen LogP) is 5.75.